The molecule has 1 amide bonds. The largest absolute Gasteiger partial charge is 0.433 e. The first-order valence-corrected chi connectivity index (χ1v) is 7.82. The van der Waals surface area contributed by atoms with E-state index in [9.17, 15) is 13.6 Å². The zero-order valence-corrected chi connectivity index (χ0v) is 13.0. The van der Waals surface area contributed by atoms with Crippen molar-refractivity contribution in [3.8, 4) is 5.75 Å². The van der Waals surface area contributed by atoms with E-state index in [2.05, 4.69) is 10.1 Å². The van der Waals surface area contributed by atoms with Crippen LogP contribution in [0.15, 0.2) is 6.07 Å². The normalized spacial score (nSPS) is 19.1. The molecule has 0 aromatic carbocycles. The second-order valence-corrected chi connectivity index (χ2v) is 6.50. The molecule has 0 aliphatic carbocycles. The fourth-order valence-corrected chi connectivity index (χ4v) is 3.58. The predicted molar refractivity (Wildman–Crippen MR) is 78.2 cm³/mol. The molecule has 0 spiro atoms. The van der Waals surface area contributed by atoms with Crippen LogP contribution < -0.4 is 10.1 Å². The van der Waals surface area contributed by atoms with Gasteiger partial charge >= 0.3 is 6.61 Å². The molecule has 1 fully saturated rings. The van der Waals surface area contributed by atoms with Crippen molar-refractivity contribution in [2.45, 2.75) is 26.4 Å². The molecule has 1 unspecified atom stereocenters. The Balaban J connectivity index is 2.12. The summed E-state index contributed by atoms with van der Waals surface area (Å²) in [7, 11) is 1.89. The number of hydrogen-bond donors (Lipinski definition) is 1. The quantitative estimate of drug-likeness (QED) is 0.907. The number of alkyl halides is 2. The lowest BCUT2D eigenvalue weighted by atomic mass is 9.98. The van der Waals surface area contributed by atoms with Gasteiger partial charge in [0.1, 0.15) is 10.6 Å². The molecule has 0 saturated carbocycles. The van der Waals surface area contributed by atoms with E-state index < -0.39 is 6.61 Å². The number of piperidine rings is 1. The fraction of sp³-hybridized carbons (Fsp3) is 0.643. The van der Waals surface area contributed by atoms with Crippen LogP contribution in [0.3, 0.4) is 0 Å². The van der Waals surface area contributed by atoms with Crippen LogP contribution in [-0.4, -0.2) is 44.1 Å². The molecule has 1 atom stereocenters. The van der Waals surface area contributed by atoms with Gasteiger partial charge in [-0.25, -0.2) is 0 Å². The molecule has 1 aromatic heterocycles. The van der Waals surface area contributed by atoms with Crippen LogP contribution in [0.2, 0.25) is 0 Å². The first kappa shape index (κ1) is 16.2. The molecule has 1 aliphatic heterocycles. The summed E-state index contributed by atoms with van der Waals surface area (Å²) in [4.78, 5) is 15.4. The van der Waals surface area contributed by atoms with Crippen LogP contribution in [0.5, 0.6) is 5.75 Å². The molecule has 7 heteroatoms. The second-order valence-electron chi connectivity index (χ2n) is 5.25. The lowest BCUT2D eigenvalue weighted by Gasteiger charge is -2.32. The van der Waals surface area contributed by atoms with Gasteiger partial charge in [0.15, 0.2) is 0 Å². The van der Waals surface area contributed by atoms with Gasteiger partial charge in [-0.05, 0) is 45.3 Å². The van der Waals surface area contributed by atoms with E-state index in [0.717, 1.165) is 24.3 Å². The Hall–Kier alpha value is -1.21. The first-order chi connectivity index (χ1) is 10.0. The lowest BCUT2D eigenvalue weighted by Crippen LogP contribution is -2.42. The van der Waals surface area contributed by atoms with Crippen LogP contribution in [0.1, 0.15) is 27.4 Å². The monoisotopic (exact) mass is 318 g/mol. The number of rotatable bonds is 5. The highest BCUT2D eigenvalue weighted by Crippen LogP contribution is 2.32. The van der Waals surface area contributed by atoms with Gasteiger partial charge < -0.3 is 15.0 Å². The van der Waals surface area contributed by atoms with E-state index in [-0.39, 0.29) is 16.5 Å². The summed E-state index contributed by atoms with van der Waals surface area (Å²) < 4.78 is 29.3. The van der Waals surface area contributed by atoms with Crippen molar-refractivity contribution in [2.75, 3.05) is 26.7 Å². The first-order valence-electron chi connectivity index (χ1n) is 7.00. The summed E-state index contributed by atoms with van der Waals surface area (Å²) in [5.41, 5.74) is 0. The van der Waals surface area contributed by atoms with Gasteiger partial charge in [0.2, 0.25) is 0 Å². The average molecular weight is 318 g/mol. The third-order valence-corrected chi connectivity index (χ3v) is 4.55. The SMILES string of the molecule is CNCC1CCCN(C(=O)c2sc(C)cc2OC(F)F)C1. The molecule has 0 radical (unpaired) electrons. The fourth-order valence-electron chi connectivity index (χ4n) is 2.67. The highest BCUT2D eigenvalue weighted by atomic mass is 32.1. The van der Waals surface area contributed by atoms with E-state index >= 15 is 0 Å². The van der Waals surface area contributed by atoms with Gasteiger partial charge in [-0.3, -0.25) is 4.79 Å². The Bertz CT molecular complexity index is 491. The topological polar surface area (TPSA) is 41.6 Å². The summed E-state index contributed by atoms with van der Waals surface area (Å²) in [5.74, 6) is 0.200. The Labute approximate surface area is 127 Å². The Kier molecular flexibility index (Phi) is 5.52. The maximum Gasteiger partial charge on any atom is 0.387 e. The standard InChI is InChI=1S/C14H20F2N2O2S/c1-9-6-11(20-14(15)16)12(21-9)13(19)18-5-3-4-10(8-18)7-17-2/h6,10,14,17H,3-5,7-8H2,1-2H3. The Morgan fingerprint density at radius 3 is 3.05 bits per heavy atom. The van der Waals surface area contributed by atoms with E-state index in [1.807, 2.05) is 7.05 Å². The molecule has 4 nitrogen and oxygen atoms in total. The summed E-state index contributed by atoms with van der Waals surface area (Å²) >= 11 is 1.21. The number of hydrogen-bond acceptors (Lipinski definition) is 4. The van der Waals surface area contributed by atoms with Crippen molar-refractivity contribution in [2.24, 2.45) is 5.92 Å². The maximum absolute atomic E-state index is 12.6. The third kappa shape index (κ3) is 4.14. The van der Waals surface area contributed by atoms with Gasteiger partial charge in [-0.15, -0.1) is 11.3 Å². The summed E-state index contributed by atoms with van der Waals surface area (Å²) in [5, 5.41) is 3.12. The molecular formula is C14H20F2N2O2S. The van der Waals surface area contributed by atoms with Crippen molar-refractivity contribution in [1.29, 1.82) is 0 Å². The molecule has 0 bridgehead atoms. The molecule has 1 aliphatic rings. The molecule has 1 aromatic rings. The van der Waals surface area contributed by atoms with Crippen molar-refractivity contribution in [3.63, 3.8) is 0 Å². The van der Waals surface area contributed by atoms with Gasteiger partial charge in [-0.2, -0.15) is 8.78 Å². The van der Waals surface area contributed by atoms with Crippen LogP contribution in [-0.2, 0) is 0 Å². The number of carbonyl (C=O) groups is 1. The molecule has 118 valence electrons. The second kappa shape index (κ2) is 7.17. The lowest BCUT2D eigenvalue weighted by molar-refractivity contribution is -0.0499. The number of amides is 1. The number of nitrogens with one attached hydrogen (secondary N) is 1. The minimum atomic E-state index is -2.91. The van der Waals surface area contributed by atoms with Crippen molar-refractivity contribution in [1.82, 2.24) is 10.2 Å². The Morgan fingerprint density at radius 1 is 1.62 bits per heavy atom. The van der Waals surface area contributed by atoms with Crippen LogP contribution in [0.4, 0.5) is 8.78 Å². The number of nitrogens with zero attached hydrogens (tertiary/aromatic N) is 1. The third-order valence-electron chi connectivity index (χ3n) is 3.53. The number of ether oxygens (including phenoxy) is 1. The summed E-state index contributed by atoms with van der Waals surface area (Å²) in [6.07, 6.45) is 2.02. The molecule has 21 heavy (non-hydrogen) atoms. The van der Waals surface area contributed by atoms with Gasteiger partial charge in [0.25, 0.3) is 5.91 Å². The van der Waals surface area contributed by atoms with Crippen LogP contribution in [0.25, 0.3) is 0 Å². The van der Waals surface area contributed by atoms with E-state index in [4.69, 9.17) is 0 Å². The zero-order valence-electron chi connectivity index (χ0n) is 12.2. The van der Waals surface area contributed by atoms with E-state index in [1.165, 1.54) is 17.4 Å². The molecule has 2 rings (SSSR count). The number of carbonyl (C=O) groups excluding carboxylic acids is 1. The molecule has 1 N–H and O–H groups in total. The van der Waals surface area contributed by atoms with E-state index in [0.29, 0.717) is 19.0 Å². The summed E-state index contributed by atoms with van der Waals surface area (Å²) in [6, 6.07) is 1.50. The smallest absolute Gasteiger partial charge is 0.387 e. The zero-order chi connectivity index (χ0) is 15.4. The molecular weight excluding hydrogens is 298 g/mol. The highest BCUT2D eigenvalue weighted by Gasteiger charge is 2.28. The van der Waals surface area contributed by atoms with Crippen molar-refractivity contribution < 1.29 is 18.3 Å². The number of halogens is 2. The van der Waals surface area contributed by atoms with Crippen molar-refractivity contribution >= 4 is 17.2 Å². The number of aryl methyl sites for hydroxylation is 1. The number of likely N-dealkylation sites (tertiary alicyclic amines) is 1. The predicted octanol–water partition coefficient (Wildman–Crippen LogP) is 2.73. The van der Waals surface area contributed by atoms with Gasteiger partial charge in [0.05, 0.1) is 0 Å². The minimum absolute atomic E-state index is 0.00626. The highest BCUT2D eigenvalue weighted by molar-refractivity contribution is 7.14. The van der Waals surface area contributed by atoms with E-state index in [1.54, 1.807) is 11.8 Å². The van der Waals surface area contributed by atoms with Gasteiger partial charge in [-0.1, -0.05) is 0 Å². The maximum atomic E-state index is 12.6. The van der Waals surface area contributed by atoms with Crippen molar-refractivity contribution in [3.05, 3.63) is 15.8 Å². The van der Waals surface area contributed by atoms with Crippen LogP contribution in [0, 0.1) is 12.8 Å². The summed E-state index contributed by atoms with van der Waals surface area (Å²) in [6.45, 7) is 1.05. The Morgan fingerprint density at radius 2 is 2.38 bits per heavy atom. The van der Waals surface area contributed by atoms with Crippen LogP contribution >= 0.6 is 11.3 Å². The molecule has 1 saturated heterocycles. The average Bonchev–Trinajstić information content (AvgIpc) is 2.78. The minimum Gasteiger partial charge on any atom is -0.433 e. The molecule has 2 heterocycles. The number of thiophene rings is 1. The van der Waals surface area contributed by atoms with Gasteiger partial charge in [0, 0.05) is 18.0 Å².